The van der Waals surface area contributed by atoms with Crippen molar-refractivity contribution >= 4 is 34.6 Å². The molecule has 2 aromatic rings. The predicted octanol–water partition coefficient (Wildman–Crippen LogP) is 2.48. The van der Waals surface area contributed by atoms with Crippen LogP contribution in [-0.2, 0) is 0 Å². The van der Waals surface area contributed by atoms with E-state index in [-0.39, 0.29) is 23.2 Å². The van der Waals surface area contributed by atoms with E-state index in [1.807, 2.05) is 13.8 Å². The van der Waals surface area contributed by atoms with Gasteiger partial charge in [0.15, 0.2) is 10.9 Å². The molecule has 2 heterocycles. The molecule has 0 aliphatic heterocycles. The number of rotatable bonds is 5. The highest BCUT2D eigenvalue weighted by molar-refractivity contribution is 8.01. The summed E-state index contributed by atoms with van der Waals surface area (Å²) in [7, 11) is 0. The van der Waals surface area contributed by atoms with Crippen molar-refractivity contribution < 1.29 is 9.72 Å². The molecule has 21 heavy (non-hydrogen) atoms. The summed E-state index contributed by atoms with van der Waals surface area (Å²) in [6.07, 6.45) is 0. The zero-order valence-corrected chi connectivity index (χ0v) is 13.1. The normalized spacial score (nSPS) is 11.0. The molecule has 0 aromatic carbocycles. The fourth-order valence-electron chi connectivity index (χ4n) is 1.64. The van der Waals surface area contributed by atoms with Gasteiger partial charge in [0.05, 0.1) is 9.80 Å². The van der Waals surface area contributed by atoms with Crippen LogP contribution < -0.4 is 5.69 Å². The third-order valence-corrected chi connectivity index (χ3v) is 4.98. The zero-order chi connectivity index (χ0) is 15.7. The molecule has 0 amide bonds. The molecule has 112 valence electrons. The lowest BCUT2D eigenvalue weighted by molar-refractivity contribution is -0.387. The van der Waals surface area contributed by atoms with Crippen molar-refractivity contribution in [3.8, 4) is 0 Å². The number of hydrogen-bond donors (Lipinski definition) is 1. The monoisotopic (exact) mass is 328 g/mol. The van der Waals surface area contributed by atoms with E-state index in [1.165, 1.54) is 17.6 Å². The minimum absolute atomic E-state index is 0.134. The maximum absolute atomic E-state index is 11.7. The summed E-state index contributed by atoms with van der Waals surface area (Å²) in [6, 6.07) is 1.12. The first-order valence-electron chi connectivity index (χ1n) is 5.95. The van der Waals surface area contributed by atoms with Gasteiger partial charge in [-0.05, 0) is 32.5 Å². The lowest BCUT2D eigenvalue weighted by Gasteiger charge is -2.07. The molecule has 0 aliphatic rings. The number of nitrogens with zero attached hydrogens (tertiary/aromatic N) is 3. The summed E-state index contributed by atoms with van der Waals surface area (Å²) in [4.78, 5) is 33.8. The Balaban J connectivity index is 2.46. The molecular formula is C11H12N4O4S2. The summed E-state index contributed by atoms with van der Waals surface area (Å²) in [5.41, 5.74) is -0.528. The van der Waals surface area contributed by atoms with Crippen LogP contribution in [0.3, 0.4) is 0 Å². The first-order chi connectivity index (χ1) is 9.81. The third kappa shape index (κ3) is 3.05. The van der Waals surface area contributed by atoms with Gasteiger partial charge in [-0.15, -0.1) is 16.4 Å². The number of hydrogen-bond acceptors (Lipinski definition) is 7. The molecule has 10 heteroatoms. The lowest BCUT2D eigenvalue weighted by Crippen LogP contribution is -2.19. The van der Waals surface area contributed by atoms with Gasteiger partial charge in [0.25, 0.3) is 5.69 Å². The summed E-state index contributed by atoms with van der Waals surface area (Å²) < 4.78 is 1.73. The van der Waals surface area contributed by atoms with Gasteiger partial charge in [-0.1, -0.05) is 0 Å². The number of Topliss-reactive ketones (excluding diaryl/α,β-unsaturated/α-hetero) is 1. The smallest absolute Gasteiger partial charge is 0.294 e. The van der Waals surface area contributed by atoms with Crippen LogP contribution in [0.5, 0.6) is 0 Å². The van der Waals surface area contributed by atoms with E-state index in [1.54, 1.807) is 0 Å². The van der Waals surface area contributed by atoms with Gasteiger partial charge < -0.3 is 0 Å². The first kappa shape index (κ1) is 15.4. The number of nitrogens with one attached hydrogen (secondary N) is 1. The number of aromatic amines is 1. The van der Waals surface area contributed by atoms with Crippen molar-refractivity contribution in [2.45, 2.75) is 36.2 Å². The van der Waals surface area contributed by atoms with Crippen LogP contribution >= 0.6 is 23.1 Å². The SMILES string of the molecule is CC(=O)c1cc([N+](=O)[O-])c(Sc2n[nH]c(=O)n2C(C)C)s1. The van der Waals surface area contributed by atoms with Crippen molar-refractivity contribution in [1.82, 2.24) is 14.8 Å². The number of carbonyl (C=O) groups is 1. The average molecular weight is 328 g/mol. The second-order valence-electron chi connectivity index (χ2n) is 4.47. The fraction of sp³-hybridized carbons (Fsp3) is 0.364. The van der Waals surface area contributed by atoms with E-state index < -0.39 is 4.92 Å². The molecule has 0 aliphatic carbocycles. The molecule has 0 atom stereocenters. The molecule has 2 aromatic heterocycles. The molecule has 0 saturated carbocycles. The minimum atomic E-state index is -0.546. The van der Waals surface area contributed by atoms with Crippen molar-refractivity contribution in [2.75, 3.05) is 0 Å². The maximum atomic E-state index is 11.7. The Morgan fingerprint density at radius 1 is 1.57 bits per heavy atom. The second kappa shape index (κ2) is 5.82. The number of thiophene rings is 1. The van der Waals surface area contributed by atoms with Gasteiger partial charge >= 0.3 is 5.69 Å². The topological polar surface area (TPSA) is 111 Å². The summed E-state index contributed by atoms with van der Waals surface area (Å²) >= 11 is 2.02. The Hall–Kier alpha value is -1.94. The summed E-state index contributed by atoms with van der Waals surface area (Å²) in [6.45, 7) is 4.97. The fourth-order valence-corrected chi connectivity index (χ4v) is 3.94. The molecule has 0 fully saturated rings. The van der Waals surface area contributed by atoms with E-state index >= 15 is 0 Å². The van der Waals surface area contributed by atoms with Gasteiger partial charge in [0.2, 0.25) is 0 Å². The summed E-state index contributed by atoms with van der Waals surface area (Å²) in [5.74, 6) is -0.238. The number of aromatic nitrogens is 3. The molecule has 2 rings (SSSR count). The van der Waals surface area contributed by atoms with E-state index in [2.05, 4.69) is 10.2 Å². The van der Waals surface area contributed by atoms with E-state index in [9.17, 15) is 19.7 Å². The molecule has 8 nitrogen and oxygen atoms in total. The van der Waals surface area contributed by atoms with Gasteiger partial charge in [-0.3, -0.25) is 19.5 Å². The third-order valence-electron chi connectivity index (χ3n) is 2.60. The largest absolute Gasteiger partial charge is 0.344 e. The Morgan fingerprint density at radius 2 is 2.24 bits per heavy atom. The molecule has 0 saturated heterocycles. The van der Waals surface area contributed by atoms with E-state index in [0.29, 0.717) is 14.2 Å². The first-order valence-corrected chi connectivity index (χ1v) is 7.58. The highest BCUT2D eigenvalue weighted by atomic mass is 32.2. The Bertz CT molecular complexity index is 759. The van der Waals surface area contributed by atoms with Crippen LogP contribution in [0.4, 0.5) is 5.69 Å². The standard InChI is InChI=1S/C11H12N4O4S2/c1-5(2)14-10(17)12-13-11(14)21-9-7(15(18)19)4-8(20-9)6(3)16/h4-5H,1-3H3,(H,12,17). The molecular weight excluding hydrogens is 316 g/mol. The van der Waals surface area contributed by atoms with Crippen LogP contribution in [0.2, 0.25) is 0 Å². The van der Waals surface area contributed by atoms with Gasteiger partial charge in [0, 0.05) is 12.1 Å². The Labute approximate surface area is 127 Å². The Kier molecular flexibility index (Phi) is 4.28. The van der Waals surface area contributed by atoms with E-state index in [0.717, 1.165) is 23.1 Å². The van der Waals surface area contributed by atoms with Crippen LogP contribution in [0, 0.1) is 10.1 Å². The van der Waals surface area contributed by atoms with Crippen LogP contribution in [0.15, 0.2) is 20.2 Å². The number of H-pyrrole nitrogens is 1. The Morgan fingerprint density at radius 3 is 2.76 bits per heavy atom. The van der Waals surface area contributed by atoms with Crippen LogP contribution in [0.1, 0.15) is 36.5 Å². The van der Waals surface area contributed by atoms with Crippen molar-refractivity contribution in [3.05, 3.63) is 31.5 Å². The van der Waals surface area contributed by atoms with Crippen LogP contribution in [0.25, 0.3) is 0 Å². The number of nitro groups is 1. The molecule has 0 unspecified atom stereocenters. The van der Waals surface area contributed by atoms with Crippen molar-refractivity contribution in [1.29, 1.82) is 0 Å². The average Bonchev–Trinajstić information content (AvgIpc) is 2.94. The minimum Gasteiger partial charge on any atom is -0.294 e. The highest BCUT2D eigenvalue weighted by Crippen LogP contribution is 2.40. The van der Waals surface area contributed by atoms with Crippen molar-refractivity contribution in [2.24, 2.45) is 0 Å². The molecule has 0 spiro atoms. The van der Waals surface area contributed by atoms with Crippen LogP contribution in [-0.4, -0.2) is 25.5 Å². The van der Waals surface area contributed by atoms with Crippen molar-refractivity contribution in [3.63, 3.8) is 0 Å². The highest BCUT2D eigenvalue weighted by Gasteiger charge is 2.24. The van der Waals surface area contributed by atoms with Gasteiger partial charge in [-0.25, -0.2) is 9.89 Å². The maximum Gasteiger partial charge on any atom is 0.344 e. The molecule has 0 bridgehead atoms. The van der Waals surface area contributed by atoms with Gasteiger partial charge in [-0.2, -0.15) is 0 Å². The molecule has 1 N–H and O–H groups in total. The summed E-state index contributed by atoms with van der Waals surface area (Å²) in [5, 5.41) is 17.6. The second-order valence-corrected chi connectivity index (χ2v) is 6.76. The quantitative estimate of drug-likeness (QED) is 0.513. The zero-order valence-electron chi connectivity index (χ0n) is 11.4. The lowest BCUT2D eigenvalue weighted by atomic mass is 10.3. The number of ketones is 1. The van der Waals surface area contributed by atoms with Gasteiger partial charge in [0.1, 0.15) is 4.21 Å². The van der Waals surface area contributed by atoms with E-state index in [4.69, 9.17) is 0 Å². The molecule has 0 radical (unpaired) electrons. The predicted molar refractivity (Wildman–Crippen MR) is 78.3 cm³/mol. The number of carbonyl (C=O) groups excluding carboxylic acids is 1.